The van der Waals surface area contributed by atoms with Crippen molar-refractivity contribution in [2.75, 3.05) is 13.2 Å². The first-order valence-electron chi connectivity index (χ1n) is 6.06. The van der Waals surface area contributed by atoms with E-state index in [-0.39, 0.29) is 24.8 Å². The van der Waals surface area contributed by atoms with Crippen molar-refractivity contribution in [2.45, 2.75) is 5.41 Å². The highest BCUT2D eigenvalue weighted by atomic mass is 19.1. The van der Waals surface area contributed by atoms with Gasteiger partial charge >= 0.3 is 0 Å². The number of halogens is 2. The van der Waals surface area contributed by atoms with Crippen LogP contribution in [-0.2, 0) is 5.41 Å². The molecular weight excluding hydrogens is 250 g/mol. The second-order valence-electron chi connectivity index (χ2n) is 4.89. The summed E-state index contributed by atoms with van der Waals surface area (Å²) in [5.41, 5.74) is -0.0563. The predicted octanol–water partition coefficient (Wildman–Crippen LogP) is 3.04. The van der Waals surface area contributed by atoms with Gasteiger partial charge in [0.25, 0.3) is 0 Å². The highest BCUT2D eigenvalue weighted by Crippen LogP contribution is 2.51. The molecule has 0 N–H and O–H groups in total. The van der Waals surface area contributed by atoms with E-state index in [0.29, 0.717) is 22.6 Å². The van der Waals surface area contributed by atoms with Gasteiger partial charge < -0.3 is 9.47 Å². The summed E-state index contributed by atoms with van der Waals surface area (Å²) in [6.45, 7) is 0.411. The Morgan fingerprint density at radius 3 is 1.74 bits per heavy atom. The highest BCUT2D eigenvalue weighted by molar-refractivity contribution is 5.58. The lowest BCUT2D eigenvalue weighted by Gasteiger charge is -2.21. The van der Waals surface area contributed by atoms with Crippen molar-refractivity contribution >= 4 is 0 Å². The molecule has 0 amide bonds. The van der Waals surface area contributed by atoms with E-state index < -0.39 is 5.41 Å². The van der Waals surface area contributed by atoms with Gasteiger partial charge in [0.15, 0.2) is 0 Å². The highest BCUT2D eigenvalue weighted by Gasteiger charge is 2.51. The third-order valence-corrected chi connectivity index (χ3v) is 3.86. The standard InChI is InChI=1S/C15H10F2O2/c16-9-3-1-5-11-13(9)15(7-18-11)8-19-12-6-2-4-10(17)14(12)15/h1-6H,7-8H2. The van der Waals surface area contributed by atoms with Gasteiger partial charge in [-0.15, -0.1) is 0 Å². The lowest BCUT2D eigenvalue weighted by Crippen LogP contribution is -2.33. The van der Waals surface area contributed by atoms with Gasteiger partial charge in [-0.05, 0) is 24.3 Å². The monoisotopic (exact) mass is 260 g/mol. The molecule has 2 aliphatic rings. The third kappa shape index (κ3) is 1.23. The van der Waals surface area contributed by atoms with E-state index >= 15 is 0 Å². The van der Waals surface area contributed by atoms with Crippen LogP contribution in [0.1, 0.15) is 11.1 Å². The van der Waals surface area contributed by atoms with Crippen molar-refractivity contribution in [2.24, 2.45) is 0 Å². The van der Waals surface area contributed by atoms with Crippen molar-refractivity contribution in [3.63, 3.8) is 0 Å². The van der Waals surface area contributed by atoms with E-state index in [1.165, 1.54) is 12.1 Å². The minimum atomic E-state index is -0.860. The summed E-state index contributed by atoms with van der Waals surface area (Å²) in [5.74, 6) is 0.184. The van der Waals surface area contributed by atoms with Crippen LogP contribution in [0, 0.1) is 11.6 Å². The molecule has 0 bridgehead atoms. The van der Waals surface area contributed by atoms with E-state index in [1.807, 2.05) is 0 Å². The Balaban J connectivity index is 2.03. The lowest BCUT2D eigenvalue weighted by atomic mass is 9.77. The molecule has 0 saturated heterocycles. The minimum Gasteiger partial charge on any atom is -0.492 e. The molecule has 4 rings (SSSR count). The molecule has 0 radical (unpaired) electrons. The SMILES string of the molecule is Fc1cccc2c1C1(CO2)COc2cccc(F)c21. The maximum atomic E-state index is 14.2. The second-order valence-corrected chi connectivity index (χ2v) is 4.89. The van der Waals surface area contributed by atoms with E-state index in [9.17, 15) is 8.78 Å². The largest absolute Gasteiger partial charge is 0.492 e. The first-order chi connectivity index (χ1) is 9.22. The molecule has 2 nitrogen and oxygen atoms in total. The topological polar surface area (TPSA) is 18.5 Å². The molecule has 1 spiro atoms. The molecule has 19 heavy (non-hydrogen) atoms. The van der Waals surface area contributed by atoms with Gasteiger partial charge in [-0.3, -0.25) is 0 Å². The molecule has 0 fully saturated rings. The number of rotatable bonds is 0. The summed E-state index contributed by atoms with van der Waals surface area (Å²) >= 11 is 0. The average molecular weight is 260 g/mol. The summed E-state index contributed by atoms with van der Waals surface area (Å²) in [6, 6.07) is 9.32. The lowest BCUT2D eigenvalue weighted by molar-refractivity contribution is 0.235. The van der Waals surface area contributed by atoms with Gasteiger partial charge in [0, 0.05) is 11.1 Å². The molecule has 2 aliphatic heterocycles. The molecular formula is C15H10F2O2. The fraction of sp³-hybridized carbons (Fsp3) is 0.200. The first kappa shape index (κ1) is 10.8. The summed E-state index contributed by atoms with van der Waals surface area (Å²) < 4.78 is 39.4. The number of ether oxygens (including phenoxy) is 2. The molecule has 2 heterocycles. The molecule has 0 atom stereocenters. The zero-order valence-electron chi connectivity index (χ0n) is 9.95. The summed E-state index contributed by atoms with van der Waals surface area (Å²) in [4.78, 5) is 0. The van der Waals surface area contributed by atoms with E-state index in [1.54, 1.807) is 24.3 Å². The van der Waals surface area contributed by atoms with Crippen molar-refractivity contribution in [1.82, 2.24) is 0 Å². The Bertz CT molecular complexity index is 622. The fourth-order valence-corrected chi connectivity index (χ4v) is 3.04. The number of hydrogen-bond acceptors (Lipinski definition) is 2. The van der Waals surface area contributed by atoms with Gasteiger partial charge in [0.05, 0.1) is 0 Å². The molecule has 0 aliphatic carbocycles. The maximum absolute atomic E-state index is 14.2. The van der Waals surface area contributed by atoms with Crippen molar-refractivity contribution in [3.05, 3.63) is 59.2 Å². The van der Waals surface area contributed by atoms with E-state index in [4.69, 9.17) is 9.47 Å². The van der Waals surface area contributed by atoms with Gasteiger partial charge in [0.2, 0.25) is 0 Å². The van der Waals surface area contributed by atoms with Crippen molar-refractivity contribution in [3.8, 4) is 11.5 Å². The Hall–Kier alpha value is -2.10. The molecule has 4 heteroatoms. The zero-order valence-corrected chi connectivity index (χ0v) is 9.95. The number of hydrogen-bond donors (Lipinski definition) is 0. The van der Waals surface area contributed by atoms with Crippen molar-refractivity contribution in [1.29, 1.82) is 0 Å². The summed E-state index contributed by atoms with van der Waals surface area (Å²) in [7, 11) is 0. The van der Waals surface area contributed by atoms with Crippen LogP contribution in [0.3, 0.4) is 0 Å². The van der Waals surface area contributed by atoms with Crippen LogP contribution in [0.2, 0.25) is 0 Å². The Labute approximate surface area is 108 Å². The number of fused-ring (bicyclic) bond motifs is 4. The molecule has 0 unspecified atom stereocenters. The molecule has 2 aromatic carbocycles. The Morgan fingerprint density at radius 1 is 0.789 bits per heavy atom. The quantitative estimate of drug-likeness (QED) is 0.725. The van der Waals surface area contributed by atoms with Crippen LogP contribution < -0.4 is 9.47 Å². The fourth-order valence-electron chi connectivity index (χ4n) is 3.04. The molecule has 96 valence electrons. The zero-order chi connectivity index (χ0) is 13.0. The summed E-state index contributed by atoms with van der Waals surface area (Å²) in [6.07, 6.45) is 0. The average Bonchev–Trinajstić information content (AvgIpc) is 2.96. The van der Waals surface area contributed by atoms with Gasteiger partial charge in [0.1, 0.15) is 41.8 Å². The summed E-state index contributed by atoms with van der Waals surface area (Å²) in [5, 5.41) is 0. The van der Waals surface area contributed by atoms with E-state index in [0.717, 1.165) is 0 Å². The van der Waals surface area contributed by atoms with Gasteiger partial charge in [-0.2, -0.15) is 0 Å². The smallest absolute Gasteiger partial charge is 0.131 e. The Morgan fingerprint density at radius 2 is 1.26 bits per heavy atom. The minimum absolute atomic E-state index is 0.206. The number of benzene rings is 2. The van der Waals surface area contributed by atoms with Gasteiger partial charge in [-0.25, -0.2) is 8.78 Å². The van der Waals surface area contributed by atoms with E-state index in [2.05, 4.69) is 0 Å². The van der Waals surface area contributed by atoms with Crippen LogP contribution in [0.15, 0.2) is 36.4 Å². The molecule has 0 aromatic heterocycles. The predicted molar refractivity (Wildman–Crippen MR) is 64.6 cm³/mol. The van der Waals surface area contributed by atoms with Gasteiger partial charge in [-0.1, -0.05) is 12.1 Å². The van der Waals surface area contributed by atoms with Crippen LogP contribution in [0.4, 0.5) is 8.78 Å². The second kappa shape index (κ2) is 3.47. The third-order valence-electron chi connectivity index (χ3n) is 3.86. The van der Waals surface area contributed by atoms with Crippen molar-refractivity contribution < 1.29 is 18.3 Å². The van der Waals surface area contributed by atoms with Crippen LogP contribution in [0.5, 0.6) is 11.5 Å². The van der Waals surface area contributed by atoms with Crippen LogP contribution in [0.25, 0.3) is 0 Å². The molecule has 0 saturated carbocycles. The molecule has 2 aromatic rings. The normalized spacial score (nSPS) is 17.8. The first-order valence-corrected chi connectivity index (χ1v) is 6.06. The maximum Gasteiger partial charge on any atom is 0.131 e. The van der Waals surface area contributed by atoms with Crippen LogP contribution >= 0.6 is 0 Å². The van der Waals surface area contributed by atoms with Crippen LogP contribution in [-0.4, -0.2) is 13.2 Å². The Kier molecular flexibility index (Phi) is 1.97.